The molecule has 5 N–H and O–H groups in total. The summed E-state index contributed by atoms with van der Waals surface area (Å²) in [6, 6.07) is 2.44. The molecule has 3 amide bonds. The molecular weight excluding hydrogens is 357 g/mol. The van der Waals surface area contributed by atoms with Gasteiger partial charge in [0.25, 0.3) is 5.91 Å². The predicted molar refractivity (Wildman–Crippen MR) is 81.6 cm³/mol. The summed E-state index contributed by atoms with van der Waals surface area (Å²) in [6.45, 7) is -0.271. The number of nitrogens with zero attached hydrogens (tertiary/aromatic N) is 2. The molecule has 136 valence electrons. The molecule has 12 heteroatoms. The molecule has 0 unspecified atom stereocenters. The minimum Gasteiger partial charge on any atom is -0.494 e. The highest BCUT2D eigenvalue weighted by Crippen LogP contribution is 2.37. The number of H-pyrrole nitrogens is 1. The monoisotopic (exact) mass is 368 g/mol. The molecule has 0 spiro atoms. The van der Waals surface area contributed by atoms with E-state index in [2.05, 4.69) is 26.0 Å². The molecule has 2 heterocycles. The zero-order chi connectivity index (χ0) is 18.9. The van der Waals surface area contributed by atoms with E-state index in [1.165, 1.54) is 6.07 Å². The number of carbonyl (C=O) groups excluding carboxylic acids is 2. The van der Waals surface area contributed by atoms with Crippen molar-refractivity contribution in [2.45, 2.75) is 6.18 Å². The van der Waals surface area contributed by atoms with Crippen molar-refractivity contribution >= 4 is 17.6 Å². The zero-order valence-corrected chi connectivity index (χ0v) is 12.8. The summed E-state index contributed by atoms with van der Waals surface area (Å²) < 4.78 is 40.0. The number of anilines is 1. The Morgan fingerprint density at radius 3 is 2.69 bits per heavy atom. The molecule has 1 aliphatic rings. The van der Waals surface area contributed by atoms with Gasteiger partial charge >= 0.3 is 12.2 Å². The molecule has 0 saturated carbocycles. The van der Waals surface area contributed by atoms with Gasteiger partial charge in [-0.25, -0.2) is 4.79 Å². The van der Waals surface area contributed by atoms with E-state index >= 15 is 0 Å². The summed E-state index contributed by atoms with van der Waals surface area (Å²) in [5.74, 6) is -1.53. The first-order chi connectivity index (χ1) is 12.3. The molecule has 2 aromatic rings. The third-order valence-corrected chi connectivity index (χ3v) is 3.49. The number of aliphatic hydroxyl groups excluding tert-OH is 1. The fourth-order valence-electron chi connectivity index (χ4n) is 2.29. The second-order valence-electron chi connectivity index (χ2n) is 5.20. The lowest BCUT2D eigenvalue weighted by atomic mass is 10.0. The third kappa shape index (κ3) is 3.43. The average molecular weight is 368 g/mol. The van der Waals surface area contributed by atoms with Crippen LogP contribution in [0.5, 0.6) is 0 Å². The van der Waals surface area contributed by atoms with E-state index in [0.717, 1.165) is 18.3 Å². The van der Waals surface area contributed by atoms with Gasteiger partial charge in [-0.3, -0.25) is 10.1 Å². The number of alkyl halides is 3. The Balaban J connectivity index is 1.91. The van der Waals surface area contributed by atoms with Gasteiger partial charge in [-0.15, -0.1) is 0 Å². The van der Waals surface area contributed by atoms with Crippen LogP contribution in [0.15, 0.2) is 35.9 Å². The zero-order valence-electron chi connectivity index (χ0n) is 12.8. The standard InChI is InChI=1S/C14H11F3N6O3/c15-14(16,17)9-3-6(1-2-7(9)10-5-19-23-22-10)20-11(24)8-4-18-13(26)21-12(8)25/h1-3,5,25H,4H2,(H,20,24)(H2,18,21,26)(H,19,22,23). The number of hydrogen-bond acceptors (Lipinski definition) is 5. The van der Waals surface area contributed by atoms with E-state index < -0.39 is 29.6 Å². The van der Waals surface area contributed by atoms with E-state index in [1.54, 1.807) is 0 Å². The van der Waals surface area contributed by atoms with E-state index in [-0.39, 0.29) is 29.1 Å². The van der Waals surface area contributed by atoms with Crippen molar-refractivity contribution in [3.63, 3.8) is 0 Å². The van der Waals surface area contributed by atoms with Crippen LogP contribution in [0.25, 0.3) is 11.3 Å². The van der Waals surface area contributed by atoms with Gasteiger partial charge in [-0.1, -0.05) is 6.07 Å². The first-order valence-corrected chi connectivity index (χ1v) is 7.11. The first kappa shape index (κ1) is 17.3. The molecule has 0 radical (unpaired) electrons. The highest BCUT2D eigenvalue weighted by atomic mass is 19.4. The highest BCUT2D eigenvalue weighted by Gasteiger charge is 2.35. The smallest absolute Gasteiger partial charge is 0.417 e. The van der Waals surface area contributed by atoms with Gasteiger partial charge in [0.05, 0.1) is 23.9 Å². The number of urea groups is 1. The predicted octanol–water partition coefficient (Wildman–Crippen LogP) is 1.51. The van der Waals surface area contributed by atoms with E-state index in [9.17, 15) is 27.9 Å². The number of hydrogen-bond donors (Lipinski definition) is 5. The van der Waals surface area contributed by atoms with Gasteiger partial charge < -0.3 is 15.7 Å². The van der Waals surface area contributed by atoms with Crippen molar-refractivity contribution < 1.29 is 27.9 Å². The van der Waals surface area contributed by atoms with Crippen LogP contribution in [-0.2, 0) is 11.0 Å². The van der Waals surface area contributed by atoms with Gasteiger partial charge in [0.15, 0.2) is 0 Å². The lowest BCUT2D eigenvalue weighted by molar-refractivity contribution is -0.137. The van der Waals surface area contributed by atoms with Crippen LogP contribution in [0.3, 0.4) is 0 Å². The summed E-state index contributed by atoms with van der Waals surface area (Å²) >= 11 is 0. The molecule has 0 saturated heterocycles. The minimum atomic E-state index is -4.70. The second-order valence-corrected chi connectivity index (χ2v) is 5.20. The van der Waals surface area contributed by atoms with Crippen molar-refractivity contribution in [3.05, 3.63) is 41.4 Å². The van der Waals surface area contributed by atoms with Crippen LogP contribution in [0.2, 0.25) is 0 Å². The van der Waals surface area contributed by atoms with Crippen molar-refractivity contribution in [3.8, 4) is 11.3 Å². The van der Waals surface area contributed by atoms with Crippen LogP contribution in [0.1, 0.15) is 5.56 Å². The number of aliphatic hydroxyl groups is 1. The summed E-state index contributed by atoms with van der Waals surface area (Å²) in [4.78, 5) is 23.1. The summed E-state index contributed by atoms with van der Waals surface area (Å²) in [7, 11) is 0. The van der Waals surface area contributed by atoms with Crippen molar-refractivity contribution in [2.24, 2.45) is 0 Å². The topological polar surface area (TPSA) is 132 Å². The van der Waals surface area contributed by atoms with E-state index in [0.29, 0.717) is 0 Å². The lowest BCUT2D eigenvalue weighted by Gasteiger charge is -2.18. The maximum Gasteiger partial charge on any atom is 0.417 e. The third-order valence-electron chi connectivity index (χ3n) is 3.49. The van der Waals surface area contributed by atoms with Gasteiger partial charge in [0.2, 0.25) is 5.88 Å². The van der Waals surface area contributed by atoms with Crippen molar-refractivity contribution in [2.75, 3.05) is 11.9 Å². The molecule has 3 rings (SSSR count). The molecule has 0 aliphatic carbocycles. The molecule has 26 heavy (non-hydrogen) atoms. The summed E-state index contributed by atoms with van der Waals surface area (Å²) in [5.41, 5.74) is -1.60. The molecule has 9 nitrogen and oxygen atoms in total. The quantitative estimate of drug-likeness (QED) is 0.560. The Labute approximate surface area is 143 Å². The molecule has 0 fully saturated rings. The number of halogens is 3. The maximum absolute atomic E-state index is 13.3. The Bertz CT molecular complexity index is 892. The lowest BCUT2D eigenvalue weighted by Crippen LogP contribution is -2.44. The summed E-state index contributed by atoms with van der Waals surface area (Å²) in [5, 5.41) is 25.4. The summed E-state index contributed by atoms with van der Waals surface area (Å²) in [6.07, 6.45) is -3.56. The van der Waals surface area contributed by atoms with E-state index in [4.69, 9.17) is 0 Å². The Morgan fingerprint density at radius 2 is 2.08 bits per heavy atom. The molecule has 0 atom stereocenters. The number of aromatic amines is 1. The number of nitrogens with one attached hydrogen (secondary N) is 4. The largest absolute Gasteiger partial charge is 0.494 e. The van der Waals surface area contributed by atoms with Gasteiger partial charge in [0.1, 0.15) is 5.69 Å². The van der Waals surface area contributed by atoms with Crippen LogP contribution < -0.4 is 16.0 Å². The SMILES string of the molecule is O=C1NCC(C(=O)Nc2ccc(-c3cn[nH]n3)c(C(F)(F)F)c2)=C(O)N1. The molecular formula is C14H11F3N6O3. The fraction of sp³-hybridized carbons (Fsp3) is 0.143. The van der Waals surface area contributed by atoms with Crippen molar-refractivity contribution in [1.29, 1.82) is 0 Å². The van der Waals surface area contributed by atoms with E-state index in [1.807, 2.05) is 5.32 Å². The molecule has 0 bridgehead atoms. The van der Waals surface area contributed by atoms with Gasteiger partial charge in [0, 0.05) is 11.3 Å². The minimum absolute atomic E-state index is 0.00486. The number of aromatic nitrogens is 3. The van der Waals surface area contributed by atoms with Crippen LogP contribution in [-0.4, -0.2) is 39.0 Å². The molecule has 1 aromatic carbocycles. The number of rotatable bonds is 3. The average Bonchev–Trinajstić information content (AvgIpc) is 3.08. The molecule has 1 aromatic heterocycles. The Morgan fingerprint density at radius 1 is 1.31 bits per heavy atom. The van der Waals surface area contributed by atoms with Crippen LogP contribution >= 0.6 is 0 Å². The number of amides is 3. The van der Waals surface area contributed by atoms with Crippen LogP contribution in [0.4, 0.5) is 23.7 Å². The molecule has 1 aliphatic heterocycles. The normalized spacial score (nSPS) is 14.7. The van der Waals surface area contributed by atoms with Crippen molar-refractivity contribution in [1.82, 2.24) is 26.0 Å². The van der Waals surface area contributed by atoms with Crippen LogP contribution in [0, 0.1) is 0 Å². The Hall–Kier alpha value is -3.57. The number of benzene rings is 1. The number of carbonyl (C=O) groups is 2. The Kier molecular flexibility index (Phi) is 4.24. The van der Waals surface area contributed by atoms with Gasteiger partial charge in [-0.2, -0.15) is 28.6 Å². The second kappa shape index (κ2) is 6.38. The van der Waals surface area contributed by atoms with Gasteiger partial charge in [-0.05, 0) is 12.1 Å². The maximum atomic E-state index is 13.3. The highest BCUT2D eigenvalue weighted by molar-refractivity contribution is 6.05. The first-order valence-electron chi connectivity index (χ1n) is 7.11. The fourth-order valence-corrected chi connectivity index (χ4v) is 2.29.